The van der Waals surface area contributed by atoms with Gasteiger partial charge in [0.25, 0.3) is 0 Å². The number of hydrogen-bond donors (Lipinski definition) is 1. The number of nitrogens with zero attached hydrogens (tertiary/aromatic N) is 1. The summed E-state index contributed by atoms with van der Waals surface area (Å²) >= 11 is 0. The van der Waals surface area contributed by atoms with Crippen LogP contribution in [-0.2, 0) is 16.1 Å². The summed E-state index contributed by atoms with van der Waals surface area (Å²) in [6, 6.07) is 9.07. The molecule has 0 heterocycles. The van der Waals surface area contributed by atoms with Gasteiger partial charge < -0.3 is 15.0 Å². The van der Waals surface area contributed by atoms with Gasteiger partial charge in [-0.3, -0.25) is 4.79 Å². The summed E-state index contributed by atoms with van der Waals surface area (Å²) in [5.74, 6) is -0.658. The lowest BCUT2D eigenvalue weighted by atomic mass is 10.2. The van der Waals surface area contributed by atoms with Gasteiger partial charge in [0.15, 0.2) is 0 Å². The van der Waals surface area contributed by atoms with Crippen LogP contribution in [0.4, 0.5) is 18.0 Å². The van der Waals surface area contributed by atoms with Gasteiger partial charge in [0, 0.05) is 20.0 Å². The van der Waals surface area contributed by atoms with E-state index in [1.54, 1.807) is 12.1 Å². The van der Waals surface area contributed by atoms with Crippen molar-refractivity contribution in [3.8, 4) is 0 Å². The zero-order valence-corrected chi connectivity index (χ0v) is 12.7. The predicted molar refractivity (Wildman–Crippen MR) is 77.6 cm³/mol. The molecule has 0 aromatic heterocycles. The van der Waals surface area contributed by atoms with Crippen LogP contribution in [0.1, 0.15) is 18.9 Å². The molecule has 1 rings (SSSR count). The average molecular weight is 332 g/mol. The predicted octanol–water partition coefficient (Wildman–Crippen LogP) is 2.71. The molecule has 1 aromatic rings. The second-order valence-electron chi connectivity index (χ2n) is 4.90. The molecule has 128 valence electrons. The summed E-state index contributed by atoms with van der Waals surface area (Å²) in [4.78, 5) is 23.2. The monoisotopic (exact) mass is 332 g/mol. The molecule has 0 aliphatic heterocycles. The Bertz CT molecular complexity index is 506. The summed E-state index contributed by atoms with van der Waals surface area (Å²) < 4.78 is 41.8. The van der Waals surface area contributed by atoms with Gasteiger partial charge in [0.05, 0.1) is 0 Å². The Kier molecular flexibility index (Phi) is 7.37. The molecule has 23 heavy (non-hydrogen) atoms. The molecule has 0 bridgehead atoms. The summed E-state index contributed by atoms with van der Waals surface area (Å²) in [6.07, 6.45) is -4.89. The average Bonchev–Trinajstić information content (AvgIpc) is 2.48. The van der Waals surface area contributed by atoms with Crippen LogP contribution >= 0.6 is 0 Å². The Morgan fingerprint density at radius 2 is 1.87 bits per heavy atom. The van der Waals surface area contributed by atoms with Gasteiger partial charge >= 0.3 is 12.3 Å². The Labute approximate surface area is 132 Å². The highest BCUT2D eigenvalue weighted by atomic mass is 19.4. The molecule has 2 amide bonds. The fourth-order valence-corrected chi connectivity index (χ4v) is 1.80. The number of alkyl carbamates (subject to hydrolysis) is 1. The molecular weight excluding hydrogens is 313 g/mol. The molecule has 0 spiro atoms. The van der Waals surface area contributed by atoms with Crippen LogP contribution in [0.15, 0.2) is 30.3 Å². The van der Waals surface area contributed by atoms with Crippen molar-refractivity contribution < 1.29 is 27.5 Å². The Hall–Kier alpha value is -2.25. The molecule has 5 nitrogen and oxygen atoms in total. The first-order valence-corrected chi connectivity index (χ1v) is 7.05. The van der Waals surface area contributed by atoms with Crippen LogP contribution in [-0.4, -0.2) is 42.7 Å². The van der Waals surface area contributed by atoms with Gasteiger partial charge in [-0.1, -0.05) is 30.3 Å². The number of carbonyl (C=O) groups is 2. The normalized spacial score (nSPS) is 11.0. The molecule has 1 N–H and O–H groups in total. The molecule has 0 saturated heterocycles. The largest absolute Gasteiger partial charge is 0.445 e. The quantitative estimate of drug-likeness (QED) is 0.781. The van der Waals surface area contributed by atoms with E-state index in [9.17, 15) is 22.8 Å². The Morgan fingerprint density at radius 3 is 2.43 bits per heavy atom. The van der Waals surface area contributed by atoms with Crippen LogP contribution in [0, 0.1) is 0 Å². The highest BCUT2D eigenvalue weighted by molar-refractivity contribution is 5.73. The molecule has 0 unspecified atom stereocenters. The lowest BCUT2D eigenvalue weighted by molar-refractivity contribution is -0.159. The number of rotatable bonds is 7. The summed E-state index contributed by atoms with van der Waals surface area (Å²) in [5, 5.41) is 2.43. The van der Waals surface area contributed by atoms with Crippen LogP contribution in [0.25, 0.3) is 0 Å². The van der Waals surface area contributed by atoms with Crippen LogP contribution < -0.4 is 5.32 Å². The zero-order chi connectivity index (χ0) is 17.3. The lowest BCUT2D eigenvalue weighted by Crippen LogP contribution is -2.39. The van der Waals surface area contributed by atoms with Crippen molar-refractivity contribution in [3.63, 3.8) is 0 Å². The first-order chi connectivity index (χ1) is 10.8. The van der Waals surface area contributed by atoms with Crippen molar-refractivity contribution in [1.29, 1.82) is 0 Å². The molecule has 0 radical (unpaired) electrons. The van der Waals surface area contributed by atoms with E-state index in [4.69, 9.17) is 4.74 Å². The fourth-order valence-electron chi connectivity index (χ4n) is 1.80. The van der Waals surface area contributed by atoms with Crippen molar-refractivity contribution in [2.75, 3.05) is 19.6 Å². The van der Waals surface area contributed by atoms with Crippen LogP contribution in [0.2, 0.25) is 0 Å². The van der Waals surface area contributed by atoms with Crippen LogP contribution in [0.5, 0.6) is 0 Å². The second kappa shape index (κ2) is 9.02. The SMILES string of the molecule is CC(=O)N(CCCNC(=O)OCc1ccccc1)CC(F)(F)F. The maximum atomic E-state index is 12.3. The van der Waals surface area contributed by atoms with Crippen molar-refractivity contribution in [2.24, 2.45) is 0 Å². The number of carbonyl (C=O) groups excluding carboxylic acids is 2. The van der Waals surface area contributed by atoms with E-state index in [0.29, 0.717) is 4.90 Å². The third kappa shape index (κ3) is 8.70. The number of benzene rings is 1. The van der Waals surface area contributed by atoms with Gasteiger partial charge in [-0.2, -0.15) is 13.2 Å². The van der Waals surface area contributed by atoms with E-state index in [0.717, 1.165) is 12.5 Å². The first kappa shape index (κ1) is 18.8. The molecule has 8 heteroatoms. The number of halogens is 3. The highest BCUT2D eigenvalue weighted by Crippen LogP contribution is 2.16. The zero-order valence-electron chi connectivity index (χ0n) is 12.7. The maximum Gasteiger partial charge on any atom is 0.407 e. The van der Waals surface area contributed by atoms with Crippen molar-refractivity contribution in [3.05, 3.63) is 35.9 Å². The van der Waals surface area contributed by atoms with E-state index in [1.165, 1.54) is 0 Å². The minimum atomic E-state index is -4.44. The van der Waals surface area contributed by atoms with Crippen molar-refractivity contribution in [1.82, 2.24) is 10.2 Å². The van der Waals surface area contributed by atoms with Crippen molar-refractivity contribution in [2.45, 2.75) is 26.1 Å². The minimum Gasteiger partial charge on any atom is -0.445 e. The molecule has 1 aromatic carbocycles. The summed E-state index contributed by atoms with van der Waals surface area (Å²) in [6.45, 7) is -0.0720. The Morgan fingerprint density at radius 1 is 1.22 bits per heavy atom. The standard InChI is InChI=1S/C15H19F3N2O3/c1-12(21)20(11-15(16,17)18)9-5-8-19-14(22)23-10-13-6-3-2-4-7-13/h2-4,6-7H,5,8-11H2,1H3,(H,19,22). The number of amides is 2. The minimum absolute atomic E-state index is 0.0895. The summed E-state index contributed by atoms with van der Waals surface area (Å²) in [5.41, 5.74) is 0.829. The molecule has 0 saturated carbocycles. The van der Waals surface area contributed by atoms with Gasteiger partial charge in [-0.25, -0.2) is 4.79 Å². The van der Waals surface area contributed by atoms with Gasteiger partial charge in [0.2, 0.25) is 5.91 Å². The number of hydrogen-bond acceptors (Lipinski definition) is 3. The molecule has 0 aliphatic carbocycles. The molecule has 0 aliphatic rings. The fraction of sp³-hybridized carbons (Fsp3) is 0.467. The number of ether oxygens (including phenoxy) is 1. The lowest BCUT2D eigenvalue weighted by Gasteiger charge is -2.22. The van der Waals surface area contributed by atoms with Gasteiger partial charge in [-0.15, -0.1) is 0 Å². The highest BCUT2D eigenvalue weighted by Gasteiger charge is 2.31. The Balaban J connectivity index is 2.22. The third-order valence-electron chi connectivity index (χ3n) is 2.90. The number of alkyl halides is 3. The smallest absolute Gasteiger partial charge is 0.407 e. The van der Waals surface area contributed by atoms with E-state index in [-0.39, 0.29) is 26.1 Å². The topological polar surface area (TPSA) is 58.6 Å². The van der Waals surface area contributed by atoms with Crippen LogP contribution in [0.3, 0.4) is 0 Å². The van der Waals surface area contributed by atoms with E-state index >= 15 is 0 Å². The summed E-state index contributed by atoms with van der Waals surface area (Å²) in [7, 11) is 0. The molecular formula is C15H19F3N2O3. The second-order valence-corrected chi connectivity index (χ2v) is 4.90. The van der Waals surface area contributed by atoms with Crippen molar-refractivity contribution >= 4 is 12.0 Å². The number of nitrogens with one attached hydrogen (secondary N) is 1. The van der Waals surface area contributed by atoms with E-state index in [2.05, 4.69) is 5.32 Å². The third-order valence-corrected chi connectivity index (χ3v) is 2.90. The van der Waals surface area contributed by atoms with Gasteiger partial charge in [-0.05, 0) is 12.0 Å². The molecule has 0 fully saturated rings. The van der Waals surface area contributed by atoms with Gasteiger partial charge in [0.1, 0.15) is 13.2 Å². The molecule has 0 atom stereocenters. The first-order valence-electron chi connectivity index (χ1n) is 7.05. The van der Waals surface area contributed by atoms with E-state index in [1.807, 2.05) is 18.2 Å². The van der Waals surface area contributed by atoms with E-state index < -0.39 is 24.7 Å². The maximum absolute atomic E-state index is 12.3.